The van der Waals surface area contributed by atoms with Crippen molar-refractivity contribution in [2.75, 3.05) is 0 Å². The normalized spacial score (nSPS) is 11.0. The Bertz CT molecular complexity index is 706. The van der Waals surface area contributed by atoms with Gasteiger partial charge >= 0.3 is 0 Å². The first-order chi connectivity index (χ1) is 8.72. The first-order valence-electron chi connectivity index (χ1n) is 5.56. The highest BCUT2D eigenvalue weighted by Crippen LogP contribution is 2.21. The number of nitrogens with zero attached hydrogens (tertiary/aromatic N) is 2. The highest BCUT2D eigenvalue weighted by molar-refractivity contribution is 9.10. The Morgan fingerprint density at radius 2 is 2.06 bits per heavy atom. The summed E-state index contributed by atoms with van der Waals surface area (Å²) >= 11 is 9.42. The molecule has 0 saturated heterocycles. The third-order valence-electron chi connectivity index (χ3n) is 2.85. The monoisotopic (exact) mass is 320 g/mol. The third-order valence-corrected chi connectivity index (χ3v) is 3.52. The van der Waals surface area contributed by atoms with E-state index in [-0.39, 0.29) is 0 Å². The summed E-state index contributed by atoms with van der Waals surface area (Å²) in [5, 5.41) is 1.93. The summed E-state index contributed by atoms with van der Waals surface area (Å²) in [4.78, 5) is 4.18. The van der Waals surface area contributed by atoms with Crippen LogP contribution < -0.4 is 0 Å². The fourth-order valence-corrected chi connectivity index (χ4v) is 2.64. The molecule has 2 nitrogen and oxygen atoms in total. The van der Waals surface area contributed by atoms with E-state index in [2.05, 4.69) is 43.8 Å². The van der Waals surface area contributed by atoms with Crippen LogP contribution in [0.4, 0.5) is 0 Å². The van der Waals surface area contributed by atoms with Gasteiger partial charge in [-0.25, -0.2) is 0 Å². The molecule has 0 N–H and O–H groups in total. The minimum atomic E-state index is 0.768. The predicted molar refractivity (Wildman–Crippen MR) is 78.0 cm³/mol. The number of hydrogen-bond acceptors (Lipinski definition) is 1. The molecule has 0 unspecified atom stereocenters. The van der Waals surface area contributed by atoms with E-state index in [1.807, 2.05) is 24.4 Å². The molecular weight excluding hydrogens is 312 g/mol. The zero-order valence-corrected chi connectivity index (χ0v) is 11.8. The molecule has 0 radical (unpaired) electrons. The summed E-state index contributed by atoms with van der Waals surface area (Å²) in [6, 6.07) is 10.1. The van der Waals surface area contributed by atoms with Crippen molar-refractivity contribution in [2.45, 2.75) is 6.54 Å². The second-order valence-electron chi connectivity index (χ2n) is 4.16. The van der Waals surface area contributed by atoms with Gasteiger partial charge in [0.2, 0.25) is 0 Å². The van der Waals surface area contributed by atoms with Gasteiger partial charge in [-0.3, -0.25) is 4.98 Å². The fourth-order valence-electron chi connectivity index (χ4n) is 2.05. The minimum Gasteiger partial charge on any atom is -0.343 e. The number of halogens is 2. The highest BCUT2D eigenvalue weighted by atomic mass is 79.9. The third kappa shape index (κ3) is 2.28. The van der Waals surface area contributed by atoms with Crippen molar-refractivity contribution in [1.29, 1.82) is 0 Å². The topological polar surface area (TPSA) is 17.8 Å². The molecule has 0 atom stereocenters. The van der Waals surface area contributed by atoms with Crippen LogP contribution in [0.2, 0.25) is 5.02 Å². The Morgan fingerprint density at radius 1 is 1.17 bits per heavy atom. The molecule has 0 bridgehead atoms. The van der Waals surface area contributed by atoms with Gasteiger partial charge in [0.15, 0.2) is 0 Å². The average Bonchev–Trinajstić information content (AvgIpc) is 2.72. The zero-order valence-electron chi connectivity index (χ0n) is 9.48. The maximum absolute atomic E-state index is 5.98. The molecular formula is C14H10BrClN2. The standard InChI is InChI=1S/C14H10BrClN2/c15-12-5-10(7-17-8-12)9-18-4-3-11-6-13(16)1-2-14(11)18/h1-8H,9H2. The molecule has 3 rings (SSSR count). The second-order valence-corrected chi connectivity index (χ2v) is 5.51. The lowest BCUT2D eigenvalue weighted by atomic mass is 10.2. The van der Waals surface area contributed by atoms with Gasteiger partial charge in [0.1, 0.15) is 0 Å². The zero-order chi connectivity index (χ0) is 12.5. The van der Waals surface area contributed by atoms with E-state index >= 15 is 0 Å². The fraction of sp³-hybridized carbons (Fsp3) is 0.0714. The van der Waals surface area contributed by atoms with Crippen molar-refractivity contribution < 1.29 is 0 Å². The molecule has 90 valence electrons. The summed E-state index contributed by atoms with van der Waals surface area (Å²) in [7, 11) is 0. The SMILES string of the molecule is Clc1ccc2c(ccn2Cc2cncc(Br)c2)c1. The van der Waals surface area contributed by atoms with Crippen LogP contribution in [0, 0.1) is 0 Å². The Balaban J connectivity index is 2.00. The van der Waals surface area contributed by atoms with E-state index in [9.17, 15) is 0 Å². The maximum atomic E-state index is 5.98. The summed E-state index contributed by atoms with van der Waals surface area (Å²) in [6.45, 7) is 0.803. The molecule has 0 aliphatic heterocycles. The van der Waals surface area contributed by atoms with Crippen LogP contribution in [0.1, 0.15) is 5.56 Å². The molecule has 0 aliphatic carbocycles. The van der Waals surface area contributed by atoms with Gasteiger partial charge in [-0.2, -0.15) is 0 Å². The minimum absolute atomic E-state index is 0.768. The number of benzene rings is 1. The molecule has 0 saturated carbocycles. The number of aromatic nitrogens is 2. The van der Waals surface area contributed by atoms with E-state index in [4.69, 9.17) is 11.6 Å². The maximum Gasteiger partial charge on any atom is 0.0491 e. The first kappa shape index (κ1) is 11.8. The van der Waals surface area contributed by atoms with Crippen molar-refractivity contribution in [3.05, 3.63) is 64.0 Å². The second kappa shape index (κ2) is 4.75. The van der Waals surface area contributed by atoms with Gasteiger partial charge in [0, 0.05) is 45.5 Å². The van der Waals surface area contributed by atoms with Gasteiger partial charge in [-0.05, 0) is 51.8 Å². The molecule has 2 aromatic heterocycles. The summed E-state index contributed by atoms with van der Waals surface area (Å²) < 4.78 is 3.19. The lowest BCUT2D eigenvalue weighted by Gasteiger charge is -2.05. The first-order valence-corrected chi connectivity index (χ1v) is 6.73. The van der Waals surface area contributed by atoms with Gasteiger partial charge in [-0.15, -0.1) is 0 Å². The molecule has 18 heavy (non-hydrogen) atoms. The number of fused-ring (bicyclic) bond motifs is 1. The molecule has 0 amide bonds. The van der Waals surface area contributed by atoms with Crippen LogP contribution in [0.15, 0.2) is 53.4 Å². The number of rotatable bonds is 2. The lowest BCUT2D eigenvalue weighted by Crippen LogP contribution is -1.98. The van der Waals surface area contributed by atoms with E-state index in [0.29, 0.717) is 0 Å². The number of hydrogen-bond donors (Lipinski definition) is 0. The Hall–Kier alpha value is -1.32. The van der Waals surface area contributed by atoms with Crippen molar-refractivity contribution in [1.82, 2.24) is 9.55 Å². The Morgan fingerprint density at radius 3 is 2.89 bits per heavy atom. The predicted octanol–water partition coefficient (Wildman–Crippen LogP) is 4.50. The van der Waals surface area contributed by atoms with Crippen LogP contribution >= 0.6 is 27.5 Å². The van der Waals surface area contributed by atoms with Crippen LogP contribution in [0.5, 0.6) is 0 Å². The van der Waals surface area contributed by atoms with Crippen LogP contribution in [-0.4, -0.2) is 9.55 Å². The molecule has 0 fully saturated rings. The Kier molecular flexibility index (Phi) is 3.10. The van der Waals surface area contributed by atoms with Crippen molar-refractivity contribution in [2.24, 2.45) is 0 Å². The summed E-state index contributed by atoms with van der Waals surface area (Å²) in [5.41, 5.74) is 2.34. The van der Waals surface area contributed by atoms with Gasteiger partial charge in [0.25, 0.3) is 0 Å². The van der Waals surface area contributed by atoms with Gasteiger partial charge < -0.3 is 4.57 Å². The van der Waals surface area contributed by atoms with Crippen LogP contribution in [0.25, 0.3) is 10.9 Å². The number of pyridine rings is 1. The summed E-state index contributed by atoms with van der Waals surface area (Å²) in [5.74, 6) is 0. The highest BCUT2D eigenvalue weighted by Gasteiger charge is 2.03. The van der Waals surface area contributed by atoms with E-state index < -0.39 is 0 Å². The van der Waals surface area contributed by atoms with Gasteiger partial charge in [-0.1, -0.05) is 11.6 Å². The molecule has 2 heterocycles. The van der Waals surface area contributed by atoms with Crippen molar-refractivity contribution in [3.8, 4) is 0 Å². The van der Waals surface area contributed by atoms with E-state index in [1.165, 1.54) is 5.52 Å². The molecule has 1 aromatic carbocycles. The van der Waals surface area contributed by atoms with Crippen LogP contribution in [0.3, 0.4) is 0 Å². The van der Waals surface area contributed by atoms with Crippen molar-refractivity contribution in [3.63, 3.8) is 0 Å². The molecule has 0 spiro atoms. The van der Waals surface area contributed by atoms with Crippen molar-refractivity contribution >= 4 is 38.4 Å². The largest absolute Gasteiger partial charge is 0.343 e. The van der Waals surface area contributed by atoms with Crippen LogP contribution in [-0.2, 0) is 6.54 Å². The Labute approximate surface area is 118 Å². The smallest absolute Gasteiger partial charge is 0.0491 e. The average molecular weight is 322 g/mol. The van der Waals surface area contributed by atoms with Gasteiger partial charge in [0.05, 0.1) is 0 Å². The van der Waals surface area contributed by atoms with E-state index in [1.54, 1.807) is 6.20 Å². The molecule has 0 aliphatic rings. The van der Waals surface area contributed by atoms with E-state index in [0.717, 1.165) is 27.0 Å². The molecule has 3 aromatic rings. The summed E-state index contributed by atoms with van der Waals surface area (Å²) in [6.07, 6.45) is 5.74. The lowest BCUT2D eigenvalue weighted by molar-refractivity contribution is 0.831. The quantitative estimate of drug-likeness (QED) is 0.679. The molecule has 4 heteroatoms.